The van der Waals surface area contributed by atoms with E-state index in [0.29, 0.717) is 11.8 Å². The fourth-order valence-corrected chi connectivity index (χ4v) is 2.54. The van der Waals surface area contributed by atoms with Gasteiger partial charge in [0.1, 0.15) is 0 Å². The molecular weight excluding hydrogens is 258 g/mol. The van der Waals surface area contributed by atoms with Crippen LogP contribution < -0.4 is 5.32 Å². The van der Waals surface area contributed by atoms with E-state index in [-0.39, 0.29) is 11.8 Å². The zero-order chi connectivity index (χ0) is 14.1. The first-order valence-corrected chi connectivity index (χ1v) is 7.64. The Kier molecular flexibility index (Phi) is 7.57. The number of amides is 1. The average Bonchev–Trinajstić information content (AvgIpc) is 2.45. The van der Waals surface area contributed by atoms with E-state index in [0.717, 1.165) is 31.4 Å². The highest BCUT2D eigenvalue weighted by Crippen LogP contribution is 2.19. The van der Waals surface area contributed by atoms with Crippen LogP contribution in [0.3, 0.4) is 0 Å². The Bertz CT molecular complexity index is 366. The molecule has 1 N–H and O–H groups in total. The minimum atomic E-state index is -0.0466. The van der Waals surface area contributed by atoms with Crippen molar-refractivity contribution in [3.8, 4) is 0 Å². The molecule has 0 aliphatic rings. The van der Waals surface area contributed by atoms with Crippen LogP contribution in [-0.2, 0) is 4.79 Å². The van der Waals surface area contributed by atoms with Crippen LogP contribution in [-0.4, -0.2) is 18.3 Å². The predicted molar refractivity (Wildman–Crippen MR) is 81.6 cm³/mol. The second-order valence-corrected chi connectivity index (χ2v) is 5.25. The molecule has 0 radical (unpaired) electrons. The van der Waals surface area contributed by atoms with Gasteiger partial charge in [0.15, 0.2) is 0 Å². The molecule has 2 nitrogen and oxygen atoms in total. The van der Waals surface area contributed by atoms with Crippen LogP contribution in [0, 0.1) is 5.92 Å². The summed E-state index contributed by atoms with van der Waals surface area (Å²) in [6.07, 6.45) is 2.83. The van der Waals surface area contributed by atoms with Crippen molar-refractivity contribution in [2.75, 3.05) is 12.4 Å². The molecule has 0 saturated heterocycles. The lowest BCUT2D eigenvalue weighted by Crippen LogP contribution is -2.33. The molecular formula is C16H24ClNO. The molecule has 0 bridgehead atoms. The molecule has 1 aromatic rings. The van der Waals surface area contributed by atoms with Crippen LogP contribution in [0.4, 0.5) is 0 Å². The largest absolute Gasteiger partial charge is 0.355 e. The summed E-state index contributed by atoms with van der Waals surface area (Å²) in [4.78, 5) is 12.3. The van der Waals surface area contributed by atoms with Gasteiger partial charge < -0.3 is 5.32 Å². The number of carbonyl (C=O) groups is 1. The van der Waals surface area contributed by atoms with Crippen molar-refractivity contribution in [2.24, 2.45) is 5.92 Å². The zero-order valence-corrected chi connectivity index (χ0v) is 12.6. The van der Waals surface area contributed by atoms with E-state index in [2.05, 4.69) is 12.2 Å². The first-order valence-electron chi connectivity index (χ1n) is 7.11. The Morgan fingerprint density at radius 2 is 1.89 bits per heavy atom. The molecule has 3 heteroatoms. The Labute approximate surface area is 121 Å². The molecule has 0 aliphatic carbocycles. The maximum absolute atomic E-state index is 12.3. The maximum atomic E-state index is 12.3. The average molecular weight is 282 g/mol. The molecule has 0 fully saturated rings. The van der Waals surface area contributed by atoms with Gasteiger partial charge in [-0.15, -0.1) is 11.6 Å². The zero-order valence-electron chi connectivity index (χ0n) is 11.9. The van der Waals surface area contributed by atoms with E-state index in [4.69, 9.17) is 11.6 Å². The van der Waals surface area contributed by atoms with Crippen LogP contribution in [0.1, 0.15) is 44.6 Å². The smallest absolute Gasteiger partial charge is 0.227 e. The molecule has 2 atom stereocenters. The summed E-state index contributed by atoms with van der Waals surface area (Å²) in [6.45, 7) is 4.91. The van der Waals surface area contributed by atoms with E-state index in [1.165, 1.54) is 0 Å². The second kappa shape index (κ2) is 8.98. The molecule has 2 unspecified atom stereocenters. The minimum Gasteiger partial charge on any atom is -0.355 e. The molecule has 106 valence electrons. The number of alkyl halides is 1. The van der Waals surface area contributed by atoms with Crippen molar-refractivity contribution in [2.45, 2.75) is 39.0 Å². The number of carbonyl (C=O) groups excluding carboxylic acids is 1. The number of rotatable bonds is 8. The van der Waals surface area contributed by atoms with Crippen molar-refractivity contribution in [1.29, 1.82) is 0 Å². The predicted octanol–water partition coefficient (Wildman–Crippen LogP) is 3.95. The van der Waals surface area contributed by atoms with Gasteiger partial charge in [-0.25, -0.2) is 0 Å². The van der Waals surface area contributed by atoms with Gasteiger partial charge in [0, 0.05) is 12.4 Å². The van der Waals surface area contributed by atoms with Crippen LogP contribution in [0.25, 0.3) is 0 Å². The van der Waals surface area contributed by atoms with Crippen LogP contribution >= 0.6 is 11.6 Å². The number of hydrogen-bond donors (Lipinski definition) is 1. The van der Waals surface area contributed by atoms with Crippen LogP contribution in [0.5, 0.6) is 0 Å². The fourth-order valence-electron chi connectivity index (χ4n) is 2.23. The van der Waals surface area contributed by atoms with Gasteiger partial charge in [0.25, 0.3) is 0 Å². The van der Waals surface area contributed by atoms with Gasteiger partial charge in [-0.1, -0.05) is 50.6 Å². The molecule has 1 rings (SSSR count). The fraction of sp³-hybridized carbons (Fsp3) is 0.562. The SMILES string of the molecule is CCC(CCCl)CNC(=O)C(CC)c1ccccc1. The second-order valence-electron chi connectivity index (χ2n) is 4.87. The van der Waals surface area contributed by atoms with Crippen molar-refractivity contribution >= 4 is 17.5 Å². The monoisotopic (exact) mass is 281 g/mol. The van der Waals surface area contributed by atoms with Gasteiger partial charge in [-0.05, 0) is 24.3 Å². The van der Waals surface area contributed by atoms with Gasteiger partial charge in [-0.2, -0.15) is 0 Å². The van der Waals surface area contributed by atoms with Crippen molar-refractivity contribution in [3.05, 3.63) is 35.9 Å². The maximum Gasteiger partial charge on any atom is 0.227 e. The highest BCUT2D eigenvalue weighted by Gasteiger charge is 2.18. The third kappa shape index (κ3) is 5.23. The van der Waals surface area contributed by atoms with Gasteiger partial charge in [-0.3, -0.25) is 4.79 Å². The lowest BCUT2D eigenvalue weighted by Gasteiger charge is -2.19. The van der Waals surface area contributed by atoms with Crippen molar-refractivity contribution in [3.63, 3.8) is 0 Å². The molecule has 0 spiro atoms. The molecule has 0 saturated carbocycles. The molecule has 0 aliphatic heterocycles. The van der Waals surface area contributed by atoms with Crippen LogP contribution in [0.2, 0.25) is 0 Å². The minimum absolute atomic E-state index is 0.0466. The number of hydrogen-bond acceptors (Lipinski definition) is 1. The lowest BCUT2D eigenvalue weighted by molar-refractivity contribution is -0.122. The number of nitrogens with one attached hydrogen (secondary N) is 1. The first-order chi connectivity index (χ1) is 9.22. The van der Waals surface area contributed by atoms with E-state index in [1.807, 2.05) is 37.3 Å². The Morgan fingerprint density at radius 3 is 2.42 bits per heavy atom. The Morgan fingerprint density at radius 1 is 1.21 bits per heavy atom. The first kappa shape index (κ1) is 16.0. The van der Waals surface area contributed by atoms with Crippen molar-refractivity contribution < 1.29 is 4.79 Å². The summed E-state index contributed by atoms with van der Waals surface area (Å²) >= 11 is 5.76. The summed E-state index contributed by atoms with van der Waals surface area (Å²) in [5.41, 5.74) is 1.09. The number of benzene rings is 1. The lowest BCUT2D eigenvalue weighted by atomic mass is 9.95. The standard InChI is InChI=1S/C16H24ClNO/c1-3-13(10-11-17)12-18-16(19)15(4-2)14-8-6-5-7-9-14/h5-9,13,15H,3-4,10-12H2,1-2H3,(H,18,19). The van der Waals surface area contributed by atoms with E-state index >= 15 is 0 Å². The summed E-state index contributed by atoms with van der Waals surface area (Å²) in [5.74, 6) is 1.22. The Balaban J connectivity index is 2.55. The third-order valence-electron chi connectivity index (χ3n) is 3.59. The summed E-state index contributed by atoms with van der Waals surface area (Å²) in [7, 11) is 0. The topological polar surface area (TPSA) is 29.1 Å². The van der Waals surface area contributed by atoms with E-state index in [9.17, 15) is 4.79 Å². The highest BCUT2D eigenvalue weighted by atomic mass is 35.5. The molecule has 1 amide bonds. The number of halogens is 1. The normalized spacial score (nSPS) is 13.8. The molecule has 0 heterocycles. The summed E-state index contributed by atoms with van der Waals surface area (Å²) < 4.78 is 0. The Hall–Kier alpha value is -1.02. The molecule has 1 aromatic carbocycles. The summed E-state index contributed by atoms with van der Waals surface area (Å²) in [5, 5.41) is 3.07. The molecule has 19 heavy (non-hydrogen) atoms. The summed E-state index contributed by atoms with van der Waals surface area (Å²) in [6, 6.07) is 9.97. The van der Waals surface area contributed by atoms with Crippen molar-refractivity contribution in [1.82, 2.24) is 5.32 Å². The van der Waals surface area contributed by atoms with E-state index < -0.39 is 0 Å². The third-order valence-corrected chi connectivity index (χ3v) is 3.80. The van der Waals surface area contributed by atoms with Gasteiger partial charge >= 0.3 is 0 Å². The molecule has 0 aromatic heterocycles. The van der Waals surface area contributed by atoms with Crippen LogP contribution in [0.15, 0.2) is 30.3 Å². The van der Waals surface area contributed by atoms with E-state index in [1.54, 1.807) is 0 Å². The highest BCUT2D eigenvalue weighted by molar-refractivity contribution is 6.17. The quantitative estimate of drug-likeness (QED) is 0.718. The van der Waals surface area contributed by atoms with Gasteiger partial charge in [0.05, 0.1) is 5.92 Å². The van der Waals surface area contributed by atoms with Gasteiger partial charge in [0.2, 0.25) is 5.91 Å².